The van der Waals surface area contributed by atoms with Gasteiger partial charge in [-0.1, -0.05) is 13.8 Å². The van der Waals surface area contributed by atoms with Gasteiger partial charge in [-0.3, -0.25) is 10.1 Å². The summed E-state index contributed by atoms with van der Waals surface area (Å²) in [5.74, 6) is 1.02. The molecule has 0 bridgehead atoms. The van der Waals surface area contributed by atoms with E-state index in [0.717, 1.165) is 11.6 Å². The Balaban J connectivity index is 2.53. The molecule has 0 spiro atoms. The number of carbonyl (C=O) groups excluding carboxylic acids is 2. The molecule has 1 unspecified atom stereocenters. The Kier molecular flexibility index (Phi) is 5.08. The van der Waals surface area contributed by atoms with Gasteiger partial charge < -0.3 is 10.1 Å². The lowest BCUT2D eigenvalue weighted by Gasteiger charge is -2.21. The predicted molar refractivity (Wildman–Crippen MR) is 63.0 cm³/mol. The van der Waals surface area contributed by atoms with Crippen molar-refractivity contribution in [3.8, 4) is 0 Å². The van der Waals surface area contributed by atoms with Crippen LogP contribution in [0.4, 0.5) is 0 Å². The lowest BCUT2D eigenvalue weighted by Crippen LogP contribution is -2.51. The van der Waals surface area contributed by atoms with Crippen molar-refractivity contribution in [1.82, 2.24) is 10.6 Å². The molecule has 0 aromatic rings. The van der Waals surface area contributed by atoms with Gasteiger partial charge in [0.2, 0.25) is 5.91 Å². The van der Waals surface area contributed by atoms with Gasteiger partial charge in [-0.05, 0) is 5.92 Å². The molecular weight excluding hydrogens is 228 g/mol. The maximum atomic E-state index is 11.8. The van der Waals surface area contributed by atoms with Crippen LogP contribution in [0.1, 0.15) is 13.8 Å². The molecule has 2 N–H and O–H groups in total. The summed E-state index contributed by atoms with van der Waals surface area (Å²) in [5.41, 5.74) is 0. The second-order valence-corrected chi connectivity index (χ2v) is 5.06. The molecule has 92 valence electrons. The van der Waals surface area contributed by atoms with Crippen molar-refractivity contribution in [3.05, 3.63) is 0 Å². The number of rotatable bonds is 4. The number of hydrogen-bond acceptors (Lipinski definition) is 5. The molecule has 16 heavy (non-hydrogen) atoms. The highest BCUT2D eigenvalue weighted by Crippen LogP contribution is 2.11. The van der Waals surface area contributed by atoms with Crippen LogP contribution in [0.2, 0.25) is 0 Å². The maximum absolute atomic E-state index is 11.8. The Morgan fingerprint density at radius 1 is 1.50 bits per heavy atom. The minimum Gasteiger partial charge on any atom is -0.467 e. The van der Waals surface area contributed by atoms with Crippen LogP contribution < -0.4 is 10.6 Å². The number of amides is 1. The molecule has 6 heteroatoms. The van der Waals surface area contributed by atoms with Gasteiger partial charge in [0.05, 0.1) is 13.2 Å². The predicted octanol–water partition coefficient (Wildman–Crippen LogP) is -0.0373. The normalized spacial score (nSPS) is 21.9. The SMILES string of the molecule is COC(=O)[C@@H](NC(=O)C1CSCN1)C(C)C. The summed E-state index contributed by atoms with van der Waals surface area (Å²) < 4.78 is 4.66. The summed E-state index contributed by atoms with van der Waals surface area (Å²) in [6.07, 6.45) is 0. The van der Waals surface area contributed by atoms with E-state index in [9.17, 15) is 9.59 Å². The van der Waals surface area contributed by atoms with Crippen molar-refractivity contribution < 1.29 is 14.3 Å². The lowest BCUT2D eigenvalue weighted by atomic mass is 10.0. The fraction of sp³-hybridized carbons (Fsp3) is 0.800. The Hall–Kier alpha value is -0.750. The zero-order valence-corrected chi connectivity index (χ0v) is 10.6. The first-order valence-electron chi connectivity index (χ1n) is 5.25. The fourth-order valence-corrected chi connectivity index (χ4v) is 2.38. The fourth-order valence-electron chi connectivity index (χ4n) is 1.44. The van der Waals surface area contributed by atoms with Gasteiger partial charge >= 0.3 is 5.97 Å². The number of carbonyl (C=O) groups is 2. The van der Waals surface area contributed by atoms with Gasteiger partial charge in [0.25, 0.3) is 0 Å². The van der Waals surface area contributed by atoms with Crippen LogP contribution in [0.25, 0.3) is 0 Å². The van der Waals surface area contributed by atoms with E-state index in [1.165, 1.54) is 7.11 Å². The molecule has 2 atom stereocenters. The van der Waals surface area contributed by atoms with E-state index in [2.05, 4.69) is 15.4 Å². The summed E-state index contributed by atoms with van der Waals surface area (Å²) >= 11 is 1.67. The third kappa shape index (κ3) is 3.38. The van der Waals surface area contributed by atoms with Crippen LogP contribution in [0.15, 0.2) is 0 Å². The molecule has 0 saturated carbocycles. The van der Waals surface area contributed by atoms with E-state index < -0.39 is 12.0 Å². The van der Waals surface area contributed by atoms with Crippen LogP contribution in [0.3, 0.4) is 0 Å². The van der Waals surface area contributed by atoms with Crippen molar-refractivity contribution in [2.24, 2.45) is 5.92 Å². The Morgan fingerprint density at radius 2 is 2.19 bits per heavy atom. The van der Waals surface area contributed by atoms with Crippen molar-refractivity contribution >= 4 is 23.6 Å². The Labute approximate surface area is 99.7 Å². The molecular formula is C10H18N2O3S. The molecule has 1 rings (SSSR count). The van der Waals surface area contributed by atoms with Gasteiger partial charge in [0.15, 0.2) is 0 Å². The van der Waals surface area contributed by atoms with Gasteiger partial charge in [0.1, 0.15) is 6.04 Å². The lowest BCUT2D eigenvalue weighted by molar-refractivity contribution is -0.146. The molecule has 1 aliphatic rings. The highest BCUT2D eigenvalue weighted by atomic mass is 32.2. The van der Waals surface area contributed by atoms with Crippen LogP contribution in [-0.4, -0.2) is 42.7 Å². The minimum atomic E-state index is -0.565. The third-order valence-corrected chi connectivity index (χ3v) is 3.39. The quantitative estimate of drug-likeness (QED) is 0.682. The molecule has 1 fully saturated rings. The average molecular weight is 246 g/mol. The Morgan fingerprint density at radius 3 is 2.62 bits per heavy atom. The van der Waals surface area contributed by atoms with E-state index in [1.807, 2.05) is 13.8 Å². The van der Waals surface area contributed by atoms with Gasteiger partial charge in [-0.2, -0.15) is 0 Å². The van der Waals surface area contributed by atoms with E-state index in [-0.39, 0.29) is 17.9 Å². The van der Waals surface area contributed by atoms with Crippen molar-refractivity contribution in [3.63, 3.8) is 0 Å². The first-order valence-corrected chi connectivity index (χ1v) is 6.41. The zero-order valence-electron chi connectivity index (χ0n) is 9.78. The zero-order chi connectivity index (χ0) is 12.1. The van der Waals surface area contributed by atoms with Gasteiger partial charge in [0, 0.05) is 11.6 Å². The second kappa shape index (κ2) is 6.10. The highest BCUT2D eigenvalue weighted by molar-refractivity contribution is 7.99. The van der Waals surface area contributed by atoms with E-state index >= 15 is 0 Å². The molecule has 0 aromatic carbocycles. The minimum absolute atomic E-state index is 0.0189. The average Bonchev–Trinajstić information content (AvgIpc) is 2.77. The van der Waals surface area contributed by atoms with Crippen LogP contribution in [-0.2, 0) is 14.3 Å². The van der Waals surface area contributed by atoms with E-state index in [1.54, 1.807) is 11.8 Å². The largest absolute Gasteiger partial charge is 0.467 e. The summed E-state index contributed by atoms with van der Waals surface area (Å²) in [6.45, 7) is 3.75. The smallest absolute Gasteiger partial charge is 0.328 e. The van der Waals surface area contributed by atoms with Crippen LogP contribution in [0.5, 0.6) is 0 Å². The van der Waals surface area contributed by atoms with Crippen LogP contribution >= 0.6 is 11.8 Å². The first-order chi connectivity index (χ1) is 7.56. The van der Waals surface area contributed by atoms with E-state index in [4.69, 9.17) is 0 Å². The van der Waals surface area contributed by atoms with Crippen molar-refractivity contribution in [2.45, 2.75) is 25.9 Å². The van der Waals surface area contributed by atoms with E-state index in [0.29, 0.717) is 0 Å². The molecule has 1 amide bonds. The third-order valence-electron chi connectivity index (χ3n) is 2.45. The second-order valence-electron chi connectivity index (χ2n) is 4.03. The van der Waals surface area contributed by atoms with Crippen molar-refractivity contribution in [1.29, 1.82) is 0 Å². The summed E-state index contributed by atoms with van der Waals surface area (Å²) in [4.78, 5) is 23.2. The maximum Gasteiger partial charge on any atom is 0.328 e. The number of nitrogens with one attached hydrogen (secondary N) is 2. The number of hydrogen-bond donors (Lipinski definition) is 2. The summed E-state index contributed by atoms with van der Waals surface area (Å²) in [5, 5.41) is 5.78. The first kappa shape index (κ1) is 13.3. The van der Waals surface area contributed by atoms with Crippen LogP contribution in [0, 0.1) is 5.92 Å². The molecule has 1 saturated heterocycles. The highest BCUT2D eigenvalue weighted by Gasteiger charge is 2.29. The monoisotopic (exact) mass is 246 g/mol. The molecule has 1 aliphatic heterocycles. The molecule has 0 aromatic heterocycles. The summed E-state index contributed by atoms with van der Waals surface area (Å²) in [7, 11) is 1.33. The molecule has 5 nitrogen and oxygen atoms in total. The topological polar surface area (TPSA) is 67.4 Å². The number of esters is 1. The molecule has 0 radical (unpaired) electrons. The van der Waals surface area contributed by atoms with Gasteiger partial charge in [-0.15, -0.1) is 11.8 Å². The number of thioether (sulfide) groups is 1. The summed E-state index contributed by atoms with van der Waals surface area (Å²) in [6, 6.07) is -0.763. The molecule has 0 aliphatic carbocycles. The number of ether oxygens (including phenoxy) is 1. The number of methoxy groups -OCH3 is 1. The Bertz CT molecular complexity index is 265. The van der Waals surface area contributed by atoms with Crippen molar-refractivity contribution in [2.75, 3.05) is 18.7 Å². The standard InChI is InChI=1S/C10H18N2O3S/c1-6(2)8(10(14)15-3)12-9(13)7-4-16-5-11-7/h6-8,11H,4-5H2,1-3H3,(H,12,13)/t7?,8-/m0/s1. The molecule has 1 heterocycles. The van der Waals surface area contributed by atoms with Gasteiger partial charge in [-0.25, -0.2) is 4.79 Å².